The van der Waals surface area contributed by atoms with Crippen LogP contribution in [0, 0.1) is 0 Å². The van der Waals surface area contributed by atoms with Crippen molar-refractivity contribution in [3.05, 3.63) is 29.3 Å². The number of carboxylic acids is 1. The number of benzene rings is 1. The Labute approximate surface area is 128 Å². The number of hydrogen-bond acceptors (Lipinski definition) is 3. The third kappa shape index (κ3) is 2.24. The first kappa shape index (κ1) is 14.6. The van der Waals surface area contributed by atoms with Crippen molar-refractivity contribution < 1.29 is 19.5 Å². The van der Waals surface area contributed by atoms with Gasteiger partial charge in [-0.3, -0.25) is 9.59 Å². The molecular formula is C16H18N2O4. The van der Waals surface area contributed by atoms with Crippen molar-refractivity contribution in [2.24, 2.45) is 0 Å². The number of anilines is 1. The van der Waals surface area contributed by atoms with Gasteiger partial charge in [0.15, 0.2) is 0 Å². The van der Waals surface area contributed by atoms with Crippen molar-refractivity contribution in [3.8, 4) is 0 Å². The minimum absolute atomic E-state index is 0.0593. The molecule has 2 aliphatic rings. The summed E-state index contributed by atoms with van der Waals surface area (Å²) in [6.07, 6.45) is 2.77. The van der Waals surface area contributed by atoms with E-state index in [2.05, 4.69) is 5.32 Å². The first-order valence-electron chi connectivity index (χ1n) is 7.38. The molecule has 1 heterocycles. The van der Waals surface area contributed by atoms with Gasteiger partial charge < -0.3 is 15.3 Å². The minimum Gasteiger partial charge on any atom is -0.480 e. The van der Waals surface area contributed by atoms with Gasteiger partial charge in [0.05, 0.1) is 0 Å². The molecule has 1 saturated carbocycles. The largest absolute Gasteiger partial charge is 0.480 e. The summed E-state index contributed by atoms with van der Waals surface area (Å²) in [5, 5.41) is 11.9. The summed E-state index contributed by atoms with van der Waals surface area (Å²) in [6.45, 7) is 0. The van der Waals surface area contributed by atoms with Gasteiger partial charge >= 0.3 is 5.97 Å². The summed E-state index contributed by atoms with van der Waals surface area (Å²) >= 11 is 0. The highest BCUT2D eigenvalue weighted by atomic mass is 16.4. The second-order valence-electron chi connectivity index (χ2n) is 5.99. The van der Waals surface area contributed by atoms with Crippen LogP contribution in [0.3, 0.4) is 0 Å². The average Bonchev–Trinajstić information content (AvgIpc) is 2.46. The van der Waals surface area contributed by atoms with Crippen LogP contribution in [0.5, 0.6) is 0 Å². The Bertz CT molecular complexity index is 664. The van der Waals surface area contributed by atoms with Gasteiger partial charge in [0, 0.05) is 24.7 Å². The van der Waals surface area contributed by atoms with E-state index in [1.807, 2.05) is 0 Å². The van der Waals surface area contributed by atoms with E-state index in [-0.39, 0.29) is 11.8 Å². The third-order valence-electron chi connectivity index (χ3n) is 4.65. The van der Waals surface area contributed by atoms with Gasteiger partial charge in [-0.15, -0.1) is 0 Å². The fourth-order valence-corrected chi connectivity index (χ4v) is 3.01. The Hall–Kier alpha value is -2.37. The molecule has 1 aliphatic heterocycles. The van der Waals surface area contributed by atoms with Crippen molar-refractivity contribution in [2.75, 3.05) is 11.9 Å². The fourth-order valence-electron chi connectivity index (χ4n) is 3.01. The summed E-state index contributed by atoms with van der Waals surface area (Å²) in [7, 11) is 1.72. The Morgan fingerprint density at radius 1 is 1.27 bits per heavy atom. The van der Waals surface area contributed by atoms with Crippen LogP contribution in [-0.2, 0) is 16.0 Å². The number of carbonyl (C=O) groups is 3. The van der Waals surface area contributed by atoms with Gasteiger partial charge in [-0.1, -0.05) is 0 Å². The molecule has 1 fully saturated rings. The van der Waals surface area contributed by atoms with Crippen LogP contribution in [0.25, 0.3) is 0 Å². The molecule has 0 unspecified atom stereocenters. The normalized spacial score (nSPS) is 19.1. The molecule has 0 atom stereocenters. The first-order chi connectivity index (χ1) is 10.4. The van der Waals surface area contributed by atoms with Gasteiger partial charge in [-0.2, -0.15) is 0 Å². The SMILES string of the molecule is CN1C(=O)CCc2cc(C(=O)NC3(C(=O)O)CCC3)ccc21. The minimum atomic E-state index is -1.11. The average molecular weight is 302 g/mol. The topological polar surface area (TPSA) is 86.7 Å². The Morgan fingerprint density at radius 3 is 2.59 bits per heavy atom. The maximum atomic E-state index is 12.3. The van der Waals surface area contributed by atoms with Crippen LogP contribution in [-0.4, -0.2) is 35.5 Å². The van der Waals surface area contributed by atoms with Gasteiger partial charge in [0.25, 0.3) is 5.91 Å². The molecule has 1 aliphatic carbocycles. The van der Waals surface area contributed by atoms with E-state index in [1.165, 1.54) is 0 Å². The molecule has 116 valence electrons. The van der Waals surface area contributed by atoms with Crippen LogP contribution >= 0.6 is 0 Å². The predicted octanol–water partition coefficient (Wildman–Crippen LogP) is 1.33. The van der Waals surface area contributed by atoms with Crippen molar-refractivity contribution in [1.82, 2.24) is 5.32 Å². The zero-order valence-electron chi connectivity index (χ0n) is 12.4. The van der Waals surface area contributed by atoms with E-state index < -0.39 is 11.5 Å². The lowest BCUT2D eigenvalue weighted by atomic mass is 9.76. The number of nitrogens with zero attached hydrogens (tertiary/aromatic N) is 1. The molecule has 1 aromatic carbocycles. The monoisotopic (exact) mass is 302 g/mol. The van der Waals surface area contributed by atoms with Crippen LogP contribution < -0.4 is 10.2 Å². The van der Waals surface area contributed by atoms with Crippen LogP contribution in [0.4, 0.5) is 5.69 Å². The zero-order chi connectivity index (χ0) is 15.9. The number of fused-ring (bicyclic) bond motifs is 1. The number of aryl methyl sites for hydroxylation is 1. The molecule has 0 spiro atoms. The molecular weight excluding hydrogens is 284 g/mol. The summed E-state index contributed by atoms with van der Waals surface area (Å²) in [6, 6.07) is 5.13. The highest BCUT2D eigenvalue weighted by Crippen LogP contribution is 2.33. The van der Waals surface area contributed by atoms with Crippen LogP contribution in [0.1, 0.15) is 41.6 Å². The van der Waals surface area contributed by atoms with E-state index in [9.17, 15) is 19.5 Å². The zero-order valence-corrected chi connectivity index (χ0v) is 12.4. The van der Waals surface area contributed by atoms with E-state index >= 15 is 0 Å². The molecule has 22 heavy (non-hydrogen) atoms. The smallest absolute Gasteiger partial charge is 0.329 e. The molecule has 0 saturated heterocycles. The third-order valence-corrected chi connectivity index (χ3v) is 4.65. The van der Waals surface area contributed by atoms with E-state index in [0.717, 1.165) is 17.7 Å². The van der Waals surface area contributed by atoms with Crippen molar-refractivity contribution in [2.45, 2.75) is 37.6 Å². The first-order valence-corrected chi connectivity index (χ1v) is 7.38. The summed E-state index contributed by atoms with van der Waals surface area (Å²) in [5.41, 5.74) is 1.07. The van der Waals surface area contributed by atoms with Crippen LogP contribution in [0.2, 0.25) is 0 Å². The molecule has 6 heteroatoms. The quantitative estimate of drug-likeness (QED) is 0.882. The summed E-state index contributed by atoms with van der Waals surface area (Å²) < 4.78 is 0. The summed E-state index contributed by atoms with van der Waals surface area (Å²) in [4.78, 5) is 36.9. The number of aliphatic carboxylic acids is 1. The Balaban J connectivity index is 1.82. The maximum absolute atomic E-state index is 12.3. The van der Waals surface area contributed by atoms with Gasteiger partial charge in [-0.25, -0.2) is 4.79 Å². The lowest BCUT2D eigenvalue weighted by Crippen LogP contribution is -2.59. The number of hydrogen-bond donors (Lipinski definition) is 2. The van der Waals surface area contributed by atoms with E-state index in [1.54, 1.807) is 30.1 Å². The molecule has 2 N–H and O–H groups in total. The lowest BCUT2D eigenvalue weighted by Gasteiger charge is -2.38. The highest BCUT2D eigenvalue weighted by molar-refractivity contribution is 6.00. The standard InChI is InChI=1S/C16H18N2O4/c1-18-12-5-3-11(9-10(12)4-6-13(18)19)14(20)17-16(15(21)22)7-2-8-16/h3,5,9H,2,4,6-8H2,1H3,(H,17,20)(H,21,22). The van der Waals surface area contributed by atoms with Crippen molar-refractivity contribution in [3.63, 3.8) is 0 Å². The van der Waals surface area contributed by atoms with Crippen LogP contribution in [0.15, 0.2) is 18.2 Å². The van der Waals surface area contributed by atoms with Gasteiger partial charge in [0.2, 0.25) is 5.91 Å². The number of amides is 2. The molecule has 1 aromatic rings. The summed E-state index contributed by atoms with van der Waals surface area (Å²) in [5.74, 6) is -1.29. The number of nitrogens with one attached hydrogen (secondary N) is 1. The number of carbonyl (C=O) groups excluding carboxylic acids is 2. The molecule has 3 rings (SSSR count). The molecule has 6 nitrogen and oxygen atoms in total. The molecule has 0 aromatic heterocycles. The predicted molar refractivity (Wildman–Crippen MR) is 79.9 cm³/mol. The second-order valence-corrected chi connectivity index (χ2v) is 5.99. The van der Waals surface area contributed by atoms with E-state index in [4.69, 9.17) is 0 Å². The number of carboxylic acid groups (broad SMARTS) is 1. The fraction of sp³-hybridized carbons (Fsp3) is 0.438. The van der Waals surface area contributed by atoms with Crippen molar-refractivity contribution in [1.29, 1.82) is 0 Å². The maximum Gasteiger partial charge on any atom is 0.329 e. The van der Waals surface area contributed by atoms with Gasteiger partial charge in [-0.05, 0) is 49.4 Å². The molecule has 0 bridgehead atoms. The van der Waals surface area contributed by atoms with Crippen molar-refractivity contribution >= 4 is 23.5 Å². The highest BCUT2D eigenvalue weighted by Gasteiger charge is 2.45. The molecule has 0 radical (unpaired) electrons. The Morgan fingerprint density at radius 2 is 2.00 bits per heavy atom. The second kappa shape index (κ2) is 5.12. The number of rotatable bonds is 3. The molecule has 2 amide bonds. The Kier molecular flexibility index (Phi) is 3.39. The van der Waals surface area contributed by atoms with E-state index in [0.29, 0.717) is 31.2 Å². The van der Waals surface area contributed by atoms with Gasteiger partial charge in [0.1, 0.15) is 5.54 Å². The lowest BCUT2D eigenvalue weighted by molar-refractivity contribution is -0.148.